The van der Waals surface area contributed by atoms with Crippen LogP contribution in [-0.4, -0.2) is 21.1 Å². The fourth-order valence-electron chi connectivity index (χ4n) is 1.95. The number of nitrogens with zero attached hydrogens (tertiary/aromatic N) is 1. The molecule has 0 aliphatic carbocycles. The number of rotatable bonds is 4. The summed E-state index contributed by atoms with van der Waals surface area (Å²) in [5.74, 6) is -0.946. The Morgan fingerprint density at radius 2 is 1.82 bits per heavy atom. The number of anilines is 1. The normalized spacial score (nSPS) is 13.3. The molecule has 1 unspecified atom stereocenters. The van der Waals surface area contributed by atoms with Gasteiger partial charge in [-0.1, -0.05) is 23.4 Å². The van der Waals surface area contributed by atoms with Crippen LogP contribution in [0.1, 0.15) is 18.2 Å². The number of halogens is 7. The number of nitrogens with one attached hydrogen (secondary N) is 2. The lowest BCUT2D eigenvalue weighted by Gasteiger charge is -2.16. The fourth-order valence-corrected chi connectivity index (χ4v) is 2.94. The van der Waals surface area contributed by atoms with E-state index in [0.29, 0.717) is 17.8 Å². The average Bonchev–Trinajstić information content (AvgIpc) is 2.54. The first-order chi connectivity index (χ1) is 12.8. The molecule has 1 heterocycles. The summed E-state index contributed by atoms with van der Waals surface area (Å²) < 4.78 is 77.3. The van der Waals surface area contributed by atoms with E-state index in [-0.39, 0.29) is 11.1 Å². The summed E-state index contributed by atoms with van der Waals surface area (Å²) in [6.07, 6.45) is -9.67. The Labute approximate surface area is 162 Å². The van der Waals surface area contributed by atoms with Crippen LogP contribution in [0.4, 0.5) is 32.0 Å². The van der Waals surface area contributed by atoms with Gasteiger partial charge >= 0.3 is 12.4 Å². The van der Waals surface area contributed by atoms with Crippen molar-refractivity contribution in [1.82, 2.24) is 9.97 Å². The first kappa shape index (κ1) is 22.1. The van der Waals surface area contributed by atoms with Crippen LogP contribution in [0.5, 0.6) is 0 Å². The van der Waals surface area contributed by atoms with E-state index in [1.165, 1.54) is 6.92 Å². The molecule has 152 valence electrons. The molecule has 0 bridgehead atoms. The highest BCUT2D eigenvalue weighted by Crippen LogP contribution is 2.37. The Hall–Kier alpha value is -2.21. The van der Waals surface area contributed by atoms with Crippen LogP contribution in [0.15, 0.2) is 34.2 Å². The van der Waals surface area contributed by atoms with Crippen molar-refractivity contribution < 1.29 is 31.1 Å². The highest BCUT2D eigenvalue weighted by Gasteiger charge is 2.35. The third-order valence-electron chi connectivity index (χ3n) is 3.21. The zero-order chi connectivity index (χ0) is 21.3. The van der Waals surface area contributed by atoms with Gasteiger partial charge < -0.3 is 10.3 Å². The van der Waals surface area contributed by atoms with E-state index in [4.69, 9.17) is 11.6 Å². The Kier molecular flexibility index (Phi) is 6.34. The maximum Gasteiger partial charge on any atom is 0.433 e. The highest BCUT2D eigenvalue weighted by molar-refractivity contribution is 8.00. The molecule has 2 aromatic rings. The second-order valence-corrected chi connectivity index (χ2v) is 7.14. The van der Waals surface area contributed by atoms with Crippen molar-refractivity contribution in [3.05, 3.63) is 50.9 Å². The summed E-state index contributed by atoms with van der Waals surface area (Å²) in [5, 5.41) is 0.165. The number of thioether (sulfide) groups is 1. The smallest absolute Gasteiger partial charge is 0.325 e. The highest BCUT2D eigenvalue weighted by atomic mass is 35.5. The maximum absolute atomic E-state index is 13.1. The van der Waals surface area contributed by atoms with Gasteiger partial charge in [-0.05, 0) is 25.1 Å². The number of hydrogen-bond donors (Lipinski definition) is 2. The summed E-state index contributed by atoms with van der Waals surface area (Å²) >= 11 is 5.99. The van der Waals surface area contributed by atoms with Crippen molar-refractivity contribution in [2.45, 2.75) is 29.7 Å². The van der Waals surface area contributed by atoms with E-state index in [9.17, 15) is 35.9 Å². The van der Waals surface area contributed by atoms with Crippen LogP contribution in [-0.2, 0) is 17.1 Å². The molecule has 0 aliphatic rings. The van der Waals surface area contributed by atoms with Gasteiger partial charge in [-0.3, -0.25) is 9.59 Å². The Morgan fingerprint density at radius 3 is 2.39 bits per heavy atom. The third kappa shape index (κ3) is 5.64. The summed E-state index contributed by atoms with van der Waals surface area (Å²) in [4.78, 5) is 28.8. The number of aromatic nitrogens is 2. The van der Waals surface area contributed by atoms with Crippen molar-refractivity contribution >= 4 is 35.0 Å². The zero-order valence-electron chi connectivity index (χ0n) is 13.7. The molecule has 2 rings (SSSR count). The number of aromatic amines is 1. The van der Waals surface area contributed by atoms with Gasteiger partial charge in [-0.15, -0.1) is 0 Å². The monoisotopic (exact) mass is 445 g/mol. The van der Waals surface area contributed by atoms with Gasteiger partial charge in [0.15, 0.2) is 10.9 Å². The molecule has 2 N–H and O–H groups in total. The standard InChI is InChI=1S/C15H10ClF6N3O2S/c1-6(28-13-24-10(15(20,21)22)5-11(26)25-13)12(27)23-9-3-2-7(16)4-8(9)14(17,18)19/h2-6H,1H3,(H,23,27)(H,24,25,26). The van der Waals surface area contributed by atoms with E-state index < -0.39 is 51.2 Å². The molecule has 1 aromatic carbocycles. The summed E-state index contributed by atoms with van der Waals surface area (Å²) in [5.41, 5.74) is -4.30. The fraction of sp³-hybridized carbons (Fsp3) is 0.267. The largest absolute Gasteiger partial charge is 0.433 e. The average molecular weight is 446 g/mol. The van der Waals surface area contributed by atoms with Gasteiger partial charge in [-0.25, -0.2) is 4.98 Å². The number of H-pyrrole nitrogens is 1. The lowest BCUT2D eigenvalue weighted by molar-refractivity contribution is -0.141. The molecule has 28 heavy (non-hydrogen) atoms. The number of amides is 1. The number of carbonyl (C=O) groups is 1. The molecule has 13 heteroatoms. The maximum atomic E-state index is 13.1. The Morgan fingerprint density at radius 1 is 1.18 bits per heavy atom. The topological polar surface area (TPSA) is 74.8 Å². The van der Waals surface area contributed by atoms with Crippen LogP contribution in [0, 0.1) is 0 Å². The van der Waals surface area contributed by atoms with E-state index in [2.05, 4.69) is 4.98 Å². The molecule has 1 aromatic heterocycles. The molecule has 0 aliphatic heterocycles. The van der Waals surface area contributed by atoms with Crippen molar-refractivity contribution in [1.29, 1.82) is 0 Å². The molecule has 1 atom stereocenters. The molecule has 0 saturated carbocycles. The lowest BCUT2D eigenvalue weighted by Crippen LogP contribution is -2.25. The minimum absolute atomic E-state index is 0.196. The van der Waals surface area contributed by atoms with Gasteiger partial charge in [0.1, 0.15) is 0 Å². The van der Waals surface area contributed by atoms with Crippen LogP contribution in [0.2, 0.25) is 5.02 Å². The van der Waals surface area contributed by atoms with Crippen LogP contribution in [0.25, 0.3) is 0 Å². The third-order valence-corrected chi connectivity index (χ3v) is 4.43. The number of carbonyl (C=O) groups excluding carboxylic acids is 1. The van der Waals surface area contributed by atoms with Gasteiger partial charge in [0.25, 0.3) is 5.56 Å². The first-order valence-electron chi connectivity index (χ1n) is 7.30. The van der Waals surface area contributed by atoms with E-state index in [1.807, 2.05) is 10.3 Å². The Balaban J connectivity index is 2.21. The minimum Gasteiger partial charge on any atom is -0.325 e. The van der Waals surface area contributed by atoms with E-state index in [1.54, 1.807) is 0 Å². The quantitative estimate of drug-likeness (QED) is 0.410. The van der Waals surface area contributed by atoms with Gasteiger partial charge in [-0.2, -0.15) is 26.3 Å². The predicted octanol–water partition coefficient (Wildman–Crippen LogP) is 4.58. The molecular weight excluding hydrogens is 436 g/mol. The summed E-state index contributed by atoms with van der Waals surface area (Å²) in [6.45, 7) is 1.23. The number of hydrogen-bond acceptors (Lipinski definition) is 4. The molecule has 0 saturated heterocycles. The van der Waals surface area contributed by atoms with Crippen molar-refractivity contribution in [2.24, 2.45) is 0 Å². The molecular formula is C15H10ClF6N3O2S. The molecule has 0 fully saturated rings. The van der Waals surface area contributed by atoms with Gasteiger partial charge in [0.05, 0.1) is 16.5 Å². The van der Waals surface area contributed by atoms with Crippen molar-refractivity contribution in [2.75, 3.05) is 5.32 Å². The molecule has 5 nitrogen and oxygen atoms in total. The van der Waals surface area contributed by atoms with Crippen molar-refractivity contribution in [3.63, 3.8) is 0 Å². The summed E-state index contributed by atoms with van der Waals surface area (Å²) in [7, 11) is 0. The van der Waals surface area contributed by atoms with Gasteiger partial charge in [0.2, 0.25) is 5.91 Å². The molecule has 1 amide bonds. The van der Waals surface area contributed by atoms with Crippen molar-refractivity contribution in [3.8, 4) is 0 Å². The van der Waals surface area contributed by atoms with Crippen LogP contribution >= 0.6 is 23.4 Å². The Bertz CT molecular complexity index is 945. The zero-order valence-corrected chi connectivity index (χ0v) is 15.3. The SMILES string of the molecule is CC(Sc1nc(C(F)(F)F)cc(=O)[nH]1)C(=O)Nc1ccc(Cl)cc1C(F)(F)F. The minimum atomic E-state index is -4.88. The summed E-state index contributed by atoms with van der Waals surface area (Å²) in [6, 6.07) is 2.96. The van der Waals surface area contributed by atoms with Gasteiger partial charge in [0, 0.05) is 11.1 Å². The number of benzene rings is 1. The number of alkyl halides is 6. The van der Waals surface area contributed by atoms with Crippen LogP contribution < -0.4 is 10.9 Å². The van der Waals surface area contributed by atoms with E-state index in [0.717, 1.165) is 12.1 Å². The predicted molar refractivity (Wildman–Crippen MR) is 90.3 cm³/mol. The molecule has 0 radical (unpaired) electrons. The first-order valence-corrected chi connectivity index (χ1v) is 8.56. The van der Waals surface area contributed by atoms with Crippen LogP contribution in [0.3, 0.4) is 0 Å². The lowest BCUT2D eigenvalue weighted by atomic mass is 10.1. The molecule has 0 spiro atoms. The second-order valence-electron chi connectivity index (χ2n) is 5.37. The second kappa shape index (κ2) is 8.03. The van der Waals surface area contributed by atoms with E-state index >= 15 is 0 Å².